The summed E-state index contributed by atoms with van der Waals surface area (Å²) in [6, 6.07) is 0.939. The van der Waals surface area contributed by atoms with Gasteiger partial charge in [0.1, 0.15) is 0 Å². The first-order chi connectivity index (χ1) is 19.2. The Hall–Kier alpha value is 0.0569. The Morgan fingerprint density at radius 3 is 0.667 bits per heavy atom. The van der Waals surface area contributed by atoms with Crippen molar-refractivity contribution in [2.45, 2.75) is 192 Å². The molecule has 0 aliphatic heterocycles. The zero-order valence-electron chi connectivity index (χ0n) is 27.2. The zero-order chi connectivity index (χ0) is 28.5. The molecule has 0 saturated carbocycles. The second-order valence-corrected chi connectivity index (χ2v) is 15.2. The molecule has 0 fully saturated rings. The Balaban J connectivity index is 3.12. The van der Waals surface area contributed by atoms with Crippen molar-refractivity contribution in [2.24, 2.45) is 5.73 Å². The Kier molecular flexibility index (Phi) is 32.6. The molecule has 0 aromatic rings. The van der Waals surface area contributed by atoms with Crippen molar-refractivity contribution in [1.29, 1.82) is 0 Å². The maximum Gasteiger partial charge on any atom is 0.500 e. The summed E-state index contributed by atoms with van der Waals surface area (Å²) in [5, 5.41) is 0. The maximum absolute atomic E-state index is 5.54. The molecule has 0 heterocycles. The van der Waals surface area contributed by atoms with Crippen LogP contribution in [0.25, 0.3) is 0 Å². The number of unbranched alkanes of at least 4 members (excludes halogenated alkanes) is 28. The van der Waals surface area contributed by atoms with Crippen molar-refractivity contribution in [1.82, 2.24) is 0 Å². The molecule has 2 N–H and O–H groups in total. The number of nitrogens with two attached hydrogens (primary N) is 1. The summed E-state index contributed by atoms with van der Waals surface area (Å²) in [7, 11) is 2.78. The Morgan fingerprint density at radius 1 is 0.308 bits per heavy atom. The lowest BCUT2D eigenvalue weighted by Crippen LogP contribution is -2.42. The molecule has 0 spiro atoms. The van der Waals surface area contributed by atoms with E-state index in [1.54, 1.807) is 21.3 Å². The van der Waals surface area contributed by atoms with Gasteiger partial charge < -0.3 is 19.0 Å². The van der Waals surface area contributed by atoms with Crippen LogP contribution in [0.3, 0.4) is 0 Å². The third-order valence-electron chi connectivity index (χ3n) is 8.62. The highest BCUT2D eigenvalue weighted by molar-refractivity contribution is 6.60. The molecule has 39 heavy (non-hydrogen) atoms. The normalized spacial score (nSPS) is 12.0. The molecule has 0 aromatic heterocycles. The van der Waals surface area contributed by atoms with E-state index in [1.807, 2.05) is 0 Å². The fourth-order valence-electron chi connectivity index (χ4n) is 5.82. The number of rotatable bonds is 34. The van der Waals surface area contributed by atoms with Crippen molar-refractivity contribution in [2.75, 3.05) is 27.9 Å². The van der Waals surface area contributed by atoms with Gasteiger partial charge in [-0.3, -0.25) is 0 Å². The van der Waals surface area contributed by atoms with Crippen molar-refractivity contribution in [3.05, 3.63) is 0 Å². The molecule has 0 unspecified atom stereocenters. The van der Waals surface area contributed by atoms with Crippen LogP contribution in [0.2, 0.25) is 6.04 Å². The Labute approximate surface area is 247 Å². The molecule has 0 aliphatic rings. The molecule has 0 bridgehead atoms. The molecular formula is C34H73NO3Si. The molecule has 0 amide bonds. The van der Waals surface area contributed by atoms with Gasteiger partial charge in [-0.25, -0.2) is 0 Å². The predicted molar refractivity (Wildman–Crippen MR) is 175 cm³/mol. The summed E-state index contributed by atoms with van der Waals surface area (Å²) >= 11 is 0. The summed E-state index contributed by atoms with van der Waals surface area (Å²) in [6.07, 6.45) is 41.1. The number of hydrogen-bond donors (Lipinski definition) is 1. The van der Waals surface area contributed by atoms with Crippen molar-refractivity contribution in [3.8, 4) is 0 Å². The van der Waals surface area contributed by atoms with Crippen LogP contribution in [0.4, 0.5) is 0 Å². The summed E-state index contributed by atoms with van der Waals surface area (Å²) in [5.41, 5.74) is 5.54. The molecule has 0 aromatic carbocycles. The molecule has 4 nitrogen and oxygen atoms in total. The van der Waals surface area contributed by atoms with Gasteiger partial charge >= 0.3 is 8.80 Å². The van der Waals surface area contributed by atoms with Gasteiger partial charge in [-0.1, -0.05) is 173 Å². The predicted octanol–water partition coefficient (Wildman–Crippen LogP) is 11.1. The fraction of sp³-hybridized carbons (Fsp3) is 1.00. The Morgan fingerprint density at radius 2 is 0.487 bits per heavy atom. The molecule has 0 atom stereocenters. The lowest BCUT2D eigenvalue weighted by atomic mass is 10.0. The minimum atomic E-state index is -2.34. The van der Waals surface area contributed by atoms with E-state index >= 15 is 0 Å². The van der Waals surface area contributed by atoms with Crippen LogP contribution < -0.4 is 5.73 Å². The first kappa shape index (κ1) is 39.1. The second-order valence-electron chi connectivity index (χ2n) is 12.1. The van der Waals surface area contributed by atoms with Gasteiger partial charge in [0.05, 0.1) is 0 Å². The van der Waals surface area contributed by atoms with Crippen molar-refractivity contribution >= 4 is 8.80 Å². The first-order valence-corrected chi connectivity index (χ1v) is 19.5. The summed E-state index contributed by atoms with van der Waals surface area (Å²) < 4.78 is 16.5. The second kappa shape index (κ2) is 32.6. The van der Waals surface area contributed by atoms with E-state index < -0.39 is 8.80 Å². The standard InChI is InChI=1S/C34H73NO3Si/c1-36-39(37-2,38-3)34-32-30-28-26-24-22-20-18-16-14-12-10-8-6-4-5-7-9-11-13-15-17-19-21-23-25-27-29-31-33-35/h4-35H2,1-3H3. The molecule has 0 radical (unpaired) electrons. The van der Waals surface area contributed by atoms with Crippen molar-refractivity contribution in [3.63, 3.8) is 0 Å². The van der Waals surface area contributed by atoms with Gasteiger partial charge in [-0.05, 0) is 19.4 Å². The minimum absolute atomic E-state index is 0.869. The summed E-state index contributed by atoms with van der Waals surface area (Å²) in [6.45, 7) is 0.869. The molecule has 5 heteroatoms. The summed E-state index contributed by atoms with van der Waals surface area (Å²) in [5.74, 6) is 0. The van der Waals surface area contributed by atoms with Gasteiger partial charge in [0.15, 0.2) is 0 Å². The van der Waals surface area contributed by atoms with E-state index in [1.165, 1.54) is 180 Å². The molecule has 0 aliphatic carbocycles. The van der Waals surface area contributed by atoms with Gasteiger partial charge in [0.2, 0.25) is 0 Å². The average molecular weight is 572 g/mol. The summed E-state index contributed by atoms with van der Waals surface area (Å²) in [4.78, 5) is 0. The lowest BCUT2D eigenvalue weighted by Gasteiger charge is -2.24. The van der Waals surface area contributed by atoms with Crippen LogP contribution in [0.5, 0.6) is 0 Å². The van der Waals surface area contributed by atoms with Crippen molar-refractivity contribution < 1.29 is 13.3 Å². The van der Waals surface area contributed by atoms with Gasteiger partial charge in [0, 0.05) is 27.4 Å². The topological polar surface area (TPSA) is 53.7 Å². The van der Waals surface area contributed by atoms with E-state index in [0.717, 1.165) is 19.0 Å². The van der Waals surface area contributed by atoms with Gasteiger partial charge in [0.25, 0.3) is 0 Å². The highest BCUT2D eigenvalue weighted by Crippen LogP contribution is 2.19. The quantitative estimate of drug-likeness (QED) is 0.0616. The molecular weight excluding hydrogens is 498 g/mol. The van der Waals surface area contributed by atoms with E-state index in [-0.39, 0.29) is 0 Å². The first-order valence-electron chi connectivity index (χ1n) is 17.6. The van der Waals surface area contributed by atoms with E-state index in [0.29, 0.717) is 0 Å². The lowest BCUT2D eigenvalue weighted by molar-refractivity contribution is 0.122. The fourth-order valence-corrected chi connectivity index (χ4v) is 7.61. The van der Waals surface area contributed by atoms with Crippen LogP contribution in [-0.2, 0) is 13.3 Å². The third kappa shape index (κ3) is 28.0. The van der Waals surface area contributed by atoms with E-state index in [9.17, 15) is 0 Å². The van der Waals surface area contributed by atoms with Crippen LogP contribution in [0.1, 0.15) is 186 Å². The van der Waals surface area contributed by atoms with Crippen LogP contribution in [0, 0.1) is 0 Å². The Bertz CT molecular complexity index is 440. The van der Waals surface area contributed by atoms with E-state index in [2.05, 4.69) is 0 Å². The minimum Gasteiger partial charge on any atom is -0.377 e. The van der Waals surface area contributed by atoms with Gasteiger partial charge in [-0.2, -0.15) is 0 Å². The SMILES string of the molecule is CO[Si](CCCCCCCCCCCCCCCCCCCCCCCCCCCCCCCN)(OC)OC. The largest absolute Gasteiger partial charge is 0.500 e. The smallest absolute Gasteiger partial charge is 0.377 e. The highest BCUT2D eigenvalue weighted by Gasteiger charge is 2.36. The third-order valence-corrected chi connectivity index (χ3v) is 11.5. The monoisotopic (exact) mass is 572 g/mol. The molecule has 0 saturated heterocycles. The highest BCUT2D eigenvalue weighted by atomic mass is 28.4. The van der Waals surface area contributed by atoms with E-state index in [4.69, 9.17) is 19.0 Å². The molecule has 236 valence electrons. The molecule has 0 rings (SSSR count). The van der Waals surface area contributed by atoms with Crippen LogP contribution >= 0.6 is 0 Å². The van der Waals surface area contributed by atoms with Gasteiger partial charge in [-0.15, -0.1) is 0 Å². The number of hydrogen-bond acceptors (Lipinski definition) is 4. The maximum atomic E-state index is 5.54. The van der Waals surface area contributed by atoms with Crippen LogP contribution in [0.15, 0.2) is 0 Å². The van der Waals surface area contributed by atoms with Crippen LogP contribution in [-0.4, -0.2) is 36.7 Å². The zero-order valence-corrected chi connectivity index (χ0v) is 28.2. The average Bonchev–Trinajstić information content (AvgIpc) is 2.96.